The van der Waals surface area contributed by atoms with Crippen molar-refractivity contribution in [3.63, 3.8) is 0 Å². The highest BCUT2D eigenvalue weighted by molar-refractivity contribution is 4.67. The Bertz CT molecular complexity index is 208. The first-order valence-corrected chi connectivity index (χ1v) is 7.83. The van der Waals surface area contributed by atoms with Gasteiger partial charge in [-0.3, -0.25) is 0 Å². The number of aliphatic hydroxyl groups excluding tert-OH is 2. The summed E-state index contributed by atoms with van der Waals surface area (Å²) in [5.41, 5.74) is 0. The normalized spacial score (nSPS) is 20.4. The van der Waals surface area contributed by atoms with Crippen LogP contribution in [0.15, 0.2) is 0 Å². The predicted octanol–water partition coefficient (Wildman–Crippen LogP) is 1.69. The number of hydrogen-bond acceptors (Lipinski definition) is 4. The van der Waals surface area contributed by atoms with Gasteiger partial charge >= 0.3 is 0 Å². The quantitative estimate of drug-likeness (QED) is 0.530. The fourth-order valence-corrected chi connectivity index (χ4v) is 2.47. The first kappa shape index (κ1) is 16.9. The second kappa shape index (κ2) is 10.6. The van der Waals surface area contributed by atoms with E-state index in [9.17, 15) is 5.11 Å². The molecule has 0 heterocycles. The van der Waals surface area contributed by atoms with Crippen LogP contribution in [-0.4, -0.2) is 48.7 Å². The van der Waals surface area contributed by atoms with E-state index in [1.54, 1.807) is 0 Å². The molecule has 2 unspecified atom stereocenters. The zero-order valence-corrected chi connectivity index (χ0v) is 12.3. The molecule has 0 amide bonds. The lowest BCUT2D eigenvalue weighted by atomic mass is 9.98. The van der Waals surface area contributed by atoms with E-state index in [4.69, 9.17) is 9.84 Å². The fourth-order valence-electron chi connectivity index (χ4n) is 2.47. The standard InChI is InChI=1S/C15H31NO3/c1-13(11-17)6-5-9-16-10-14(18)12-19-15-7-3-2-4-8-15/h13-18H,2-12H2,1H3. The lowest BCUT2D eigenvalue weighted by Crippen LogP contribution is -2.33. The number of ether oxygens (including phenoxy) is 1. The van der Waals surface area contributed by atoms with E-state index < -0.39 is 6.10 Å². The van der Waals surface area contributed by atoms with Crippen LogP contribution < -0.4 is 5.32 Å². The van der Waals surface area contributed by atoms with Gasteiger partial charge in [-0.1, -0.05) is 26.2 Å². The molecule has 4 nitrogen and oxygen atoms in total. The van der Waals surface area contributed by atoms with Crippen LogP contribution in [0.4, 0.5) is 0 Å². The molecule has 114 valence electrons. The number of aliphatic hydroxyl groups is 2. The van der Waals surface area contributed by atoms with Gasteiger partial charge in [-0.2, -0.15) is 0 Å². The summed E-state index contributed by atoms with van der Waals surface area (Å²) in [6, 6.07) is 0. The van der Waals surface area contributed by atoms with Crippen molar-refractivity contribution in [1.82, 2.24) is 5.32 Å². The van der Waals surface area contributed by atoms with E-state index in [2.05, 4.69) is 5.32 Å². The zero-order valence-electron chi connectivity index (χ0n) is 12.3. The molecule has 4 heteroatoms. The number of rotatable bonds is 10. The summed E-state index contributed by atoms with van der Waals surface area (Å²) in [6.07, 6.45) is 8.19. The lowest BCUT2D eigenvalue weighted by Gasteiger charge is -2.23. The van der Waals surface area contributed by atoms with E-state index in [-0.39, 0.29) is 6.61 Å². The maximum Gasteiger partial charge on any atom is 0.0897 e. The highest BCUT2D eigenvalue weighted by atomic mass is 16.5. The molecule has 0 bridgehead atoms. The van der Waals surface area contributed by atoms with Gasteiger partial charge in [-0.05, 0) is 38.1 Å². The largest absolute Gasteiger partial charge is 0.396 e. The van der Waals surface area contributed by atoms with Crippen molar-refractivity contribution in [2.75, 3.05) is 26.3 Å². The van der Waals surface area contributed by atoms with Crippen molar-refractivity contribution in [3.05, 3.63) is 0 Å². The van der Waals surface area contributed by atoms with E-state index in [0.717, 1.165) is 32.2 Å². The maximum atomic E-state index is 9.81. The van der Waals surface area contributed by atoms with Gasteiger partial charge in [0.25, 0.3) is 0 Å². The Labute approximate surface area is 117 Å². The van der Waals surface area contributed by atoms with Gasteiger partial charge < -0.3 is 20.3 Å². The molecular weight excluding hydrogens is 242 g/mol. The third kappa shape index (κ3) is 8.58. The molecule has 0 aromatic carbocycles. The first-order valence-electron chi connectivity index (χ1n) is 7.83. The topological polar surface area (TPSA) is 61.7 Å². The van der Waals surface area contributed by atoms with Crippen LogP contribution in [0.3, 0.4) is 0 Å². The van der Waals surface area contributed by atoms with Gasteiger partial charge in [0.15, 0.2) is 0 Å². The Morgan fingerprint density at radius 3 is 2.68 bits per heavy atom. The Morgan fingerprint density at radius 2 is 2.00 bits per heavy atom. The van der Waals surface area contributed by atoms with Crippen LogP contribution in [0.1, 0.15) is 51.9 Å². The molecule has 0 radical (unpaired) electrons. The van der Waals surface area contributed by atoms with Crippen molar-refractivity contribution < 1.29 is 14.9 Å². The summed E-state index contributed by atoms with van der Waals surface area (Å²) in [5, 5.41) is 21.9. The first-order chi connectivity index (χ1) is 9.22. The average molecular weight is 273 g/mol. The minimum absolute atomic E-state index is 0.262. The van der Waals surface area contributed by atoms with Crippen LogP contribution in [0.2, 0.25) is 0 Å². The molecule has 3 N–H and O–H groups in total. The smallest absolute Gasteiger partial charge is 0.0897 e. The average Bonchev–Trinajstić information content (AvgIpc) is 2.45. The molecule has 0 aromatic heterocycles. The van der Waals surface area contributed by atoms with Gasteiger partial charge in [0, 0.05) is 13.2 Å². The van der Waals surface area contributed by atoms with E-state index >= 15 is 0 Å². The molecule has 1 fully saturated rings. The van der Waals surface area contributed by atoms with Crippen molar-refractivity contribution in [2.24, 2.45) is 5.92 Å². The fraction of sp³-hybridized carbons (Fsp3) is 1.00. The second-order valence-electron chi connectivity index (χ2n) is 5.88. The Hall–Kier alpha value is -0.160. The molecule has 1 aliphatic carbocycles. The summed E-state index contributed by atoms with van der Waals surface area (Å²) in [7, 11) is 0. The molecule has 0 saturated heterocycles. The van der Waals surface area contributed by atoms with E-state index in [1.807, 2.05) is 6.92 Å². The molecule has 19 heavy (non-hydrogen) atoms. The van der Waals surface area contributed by atoms with Crippen molar-refractivity contribution in [1.29, 1.82) is 0 Å². The van der Waals surface area contributed by atoms with Crippen LogP contribution in [0.25, 0.3) is 0 Å². The van der Waals surface area contributed by atoms with Crippen molar-refractivity contribution >= 4 is 0 Å². The molecule has 0 aromatic rings. The third-order valence-electron chi connectivity index (χ3n) is 3.82. The van der Waals surface area contributed by atoms with Gasteiger partial charge in [0.1, 0.15) is 0 Å². The number of hydrogen-bond donors (Lipinski definition) is 3. The lowest BCUT2D eigenvalue weighted by molar-refractivity contribution is -0.0229. The van der Waals surface area contributed by atoms with Crippen LogP contribution in [0.5, 0.6) is 0 Å². The molecule has 2 atom stereocenters. The third-order valence-corrected chi connectivity index (χ3v) is 3.82. The summed E-state index contributed by atoms with van der Waals surface area (Å²) >= 11 is 0. The van der Waals surface area contributed by atoms with Crippen LogP contribution in [0, 0.1) is 5.92 Å². The Balaban J connectivity index is 1.91. The van der Waals surface area contributed by atoms with Gasteiger partial charge in [-0.15, -0.1) is 0 Å². The molecule has 1 aliphatic rings. The summed E-state index contributed by atoms with van der Waals surface area (Å²) in [5.74, 6) is 0.376. The highest BCUT2D eigenvalue weighted by Gasteiger charge is 2.15. The Morgan fingerprint density at radius 1 is 1.26 bits per heavy atom. The van der Waals surface area contributed by atoms with Crippen molar-refractivity contribution in [2.45, 2.75) is 64.1 Å². The number of nitrogens with one attached hydrogen (secondary N) is 1. The monoisotopic (exact) mass is 273 g/mol. The van der Waals surface area contributed by atoms with Crippen LogP contribution >= 0.6 is 0 Å². The summed E-state index contributed by atoms with van der Waals surface area (Å²) in [4.78, 5) is 0. The van der Waals surface area contributed by atoms with Crippen LogP contribution in [-0.2, 0) is 4.74 Å². The molecular formula is C15H31NO3. The minimum atomic E-state index is -0.405. The SMILES string of the molecule is CC(CO)CCCNCC(O)COC1CCCCC1. The molecule has 1 rings (SSSR count). The van der Waals surface area contributed by atoms with E-state index in [1.165, 1.54) is 19.3 Å². The minimum Gasteiger partial charge on any atom is -0.396 e. The molecule has 0 spiro atoms. The maximum absolute atomic E-state index is 9.81. The summed E-state index contributed by atoms with van der Waals surface area (Å²) in [6.45, 7) is 4.25. The predicted molar refractivity (Wildman–Crippen MR) is 77.2 cm³/mol. The second-order valence-corrected chi connectivity index (χ2v) is 5.88. The summed E-state index contributed by atoms with van der Waals surface area (Å²) < 4.78 is 5.73. The van der Waals surface area contributed by atoms with Gasteiger partial charge in [0.2, 0.25) is 0 Å². The highest BCUT2D eigenvalue weighted by Crippen LogP contribution is 2.20. The van der Waals surface area contributed by atoms with E-state index in [0.29, 0.717) is 25.2 Å². The van der Waals surface area contributed by atoms with Gasteiger partial charge in [0.05, 0.1) is 18.8 Å². The molecule has 1 saturated carbocycles. The molecule has 0 aliphatic heterocycles. The van der Waals surface area contributed by atoms with Crippen molar-refractivity contribution in [3.8, 4) is 0 Å². The Kier molecular flexibility index (Phi) is 9.43. The zero-order chi connectivity index (χ0) is 13.9. The van der Waals surface area contributed by atoms with Gasteiger partial charge in [-0.25, -0.2) is 0 Å².